The number of nitrogens with zero attached hydrogens (tertiary/aromatic N) is 2. The first-order valence-electron chi connectivity index (χ1n) is 13.4. The number of nitrogens with one attached hydrogen (secondary N) is 1. The summed E-state index contributed by atoms with van der Waals surface area (Å²) in [5.74, 6) is -0.477. The maximum absolute atomic E-state index is 14.0. The Morgan fingerprint density at radius 3 is 2.17 bits per heavy atom. The van der Waals surface area contributed by atoms with Crippen LogP contribution < -0.4 is 14.4 Å². The standard InChI is InChI=1S/C31H39N3O5S/c1-6-24(3)32-31(36)25(4)33(21-20-26-12-8-7-9-13-26)30(35)22-34(28-14-10-11-15-29(28)39-5)40(37,38)27-18-16-23(2)17-19-27/h7-19,24-25H,6,20-22H2,1-5H3,(H,32,36)/t24-,25-/m0/s1. The van der Waals surface area contributed by atoms with Gasteiger partial charge in [0.05, 0.1) is 17.7 Å². The summed E-state index contributed by atoms with van der Waals surface area (Å²) in [7, 11) is -2.71. The van der Waals surface area contributed by atoms with E-state index in [9.17, 15) is 18.0 Å². The van der Waals surface area contributed by atoms with Crippen molar-refractivity contribution in [3.63, 3.8) is 0 Å². The number of benzene rings is 3. The van der Waals surface area contributed by atoms with Crippen LogP contribution in [0.25, 0.3) is 0 Å². The highest BCUT2D eigenvalue weighted by atomic mass is 32.2. The minimum Gasteiger partial charge on any atom is -0.495 e. The van der Waals surface area contributed by atoms with E-state index in [0.717, 1.165) is 21.9 Å². The molecular formula is C31H39N3O5S. The van der Waals surface area contributed by atoms with Crippen LogP contribution in [0.1, 0.15) is 38.3 Å². The quantitative estimate of drug-likeness (QED) is 0.328. The Hall–Kier alpha value is -3.85. The first-order valence-corrected chi connectivity index (χ1v) is 14.9. The lowest BCUT2D eigenvalue weighted by Gasteiger charge is -2.32. The van der Waals surface area contributed by atoms with Crippen LogP contribution in [0.3, 0.4) is 0 Å². The summed E-state index contributed by atoms with van der Waals surface area (Å²) < 4.78 is 34.4. The molecule has 0 heterocycles. The van der Waals surface area contributed by atoms with Gasteiger partial charge in [-0.2, -0.15) is 0 Å². The molecule has 0 spiro atoms. The zero-order valence-corrected chi connectivity index (χ0v) is 24.6. The SMILES string of the molecule is CC[C@H](C)NC(=O)[C@H](C)N(CCc1ccccc1)C(=O)CN(c1ccccc1OC)S(=O)(=O)c1ccc(C)cc1. The molecule has 8 nitrogen and oxygen atoms in total. The Labute approximate surface area is 238 Å². The van der Waals surface area contributed by atoms with Crippen LogP contribution in [0.15, 0.2) is 83.8 Å². The van der Waals surface area contributed by atoms with Crippen LogP contribution in [-0.4, -0.2) is 57.4 Å². The number of ether oxygens (including phenoxy) is 1. The highest BCUT2D eigenvalue weighted by Crippen LogP contribution is 2.32. The molecule has 2 amide bonds. The molecule has 214 valence electrons. The van der Waals surface area contributed by atoms with E-state index in [1.807, 2.05) is 51.1 Å². The molecule has 0 fully saturated rings. The van der Waals surface area contributed by atoms with Crippen molar-refractivity contribution in [2.45, 2.75) is 57.5 Å². The lowest BCUT2D eigenvalue weighted by atomic mass is 10.1. The first-order chi connectivity index (χ1) is 19.1. The number of sulfonamides is 1. The largest absolute Gasteiger partial charge is 0.495 e. The van der Waals surface area contributed by atoms with Gasteiger partial charge in [0, 0.05) is 12.6 Å². The summed E-state index contributed by atoms with van der Waals surface area (Å²) in [6.07, 6.45) is 1.25. The molecule has 3 aromatic carbocycles. The third kappa shape index (κ3) is 7.63. The molecule has 0 unspecified atom stereocenters. The zero-order valence-electron chi connectivity index (χ0n) is 23.8. The molecule has 0 radical (unpaired) electrons. The molecule has 0 bridgehead atoms. The van der Waals surface area contributed by atoms with Crippen molar-refractivity contribution in [2.24, 2.45) is 0 Å². The molecule has 0 aliphatic rings. The molecule has 0 aliphatic carbocycles. The van der Waals surface area contributed by atoms with Gasteiger partial charge >= 0.3 is 0 Å². The van der Waals surface area contributed by atoms with Crippen molar-refractivity contribution in [1.29, 1.82) is 0 Å². The minimum atomic E-state index is -4.16. The number of rotatable bonds is 13. The molecule has 1 N–H and O–H groups in total. The van der Waals surface area contributed by atoms with E-state index in [-0.39, 0.29) is 29.1 Å². The summed E-state index contributed by atoms with van der Waals surface area (Å²) in [5.41, 5.74) is 2.15. The summed E-state index contributed by atoms with van der Waals surface area (Å²) >= 11 is 0. The van der Waals surface area contributed by atoms with Crippen LogP contribution in [0.5, 0.6) is 5.75 Å². The van der Waals surface area contributed by atoms with Gasteiger partial charge in [0.15, 0.2) is 0 Å². The number of hydrogen-bond donors (Lipinski definition) is 1. The van der Waals surface area contributed by atoms with E-state index in [0.29, 0.717) is 12.2 Å². The molecular weight excluding hydrogens is 526 g/mol. The molecule has 0 aromatic heterocycles. The fourth-order valence-electron chi connectivity index (χ4n) is 4.22. The van der Waals surface area contributed by atoms with Crippen LogP contribution in [-0.2, 0) is 26.0 Å². The van der Waals surface area contributed by atoms with Crippen molar-refractivity contribution >= 4 is 27.5 Å². The first kappa shape index (κ1) is 30.7. The van der Waals surface area contributed by atoms with E-state index in [4.69, 9.17) is 4.74 Å². The van der Waals surface area contributed by atoms with Gasteiger partial charge < -0.3 is 15.0 Å². The molecule has 0 aliphatic heterocycles. The number of carbonyl (C=O) groups excluding carboxylic acids is 2. The van der Waals surface area contributed by atoms with Crippen LogP contribution >= 0.6 is 0 Å². The average Bonchev–Trinajstić information content (AvgIpc) is 2.96. The number of aryl methyl sites for hydroxylation is 1. The highest BCUT2D eigenvalue weighted by Gasteiger charge is 2.33. The molecule has 3 aromatic rings. The second-order valence-corrected chi connectivity index (χ2v) is 11.7. The zero-order chi connectivity index (χ0) is 29.3. The number of amides is 2. The number of hydrogen-bond acceptors (Lipinski definition) is 5. The van der Waals surface area contributed by atoms with Crippen LogP contribution in [0, 0.1) is 6.92 Å². The van der Waals surface area contributed by atoms with Crippen molar-refractivity contribution in [3.8, 4) is 5.75 Å². The topological polar surface area (TPSA) is 96.0 Å². The molecule has 0 saturated heterocycles. The maximum Gasteiger partial charge on any atom is 0.264 e. The smallest absolute Gasteiger partial charge is 0.264 e. The number of methoxy groups -OCH3 is 1. The highest BCUT2D eigenvalue weighted by molar-refractivity contribution is 7.92. The summed E-state index contributed by atoms with van der Waals surface area (Å²) in [6, 6.07) is 21.9. The van der Waals surface area contributed by atoms with Crippen molar-refractivity contribution < 1.29 is 22.7 Å². The third-order valence-corrected chi connectivity index (χ3v) is 8.67. The van der Waals surface area contributed by atoms with Gasteiger partial charge in [0.2, 0.25) is 11.8 Å². The second-order valence-electron chi connectivity index (χ2n) is 9.81. The normalized spacial score (nSPS) is 12.7. The van der Waals surface area contributed by atoms with E-state index in [1.165, 1.54) is 24.1 Å². The maximum atomic E-state index is 14.0. The fourth-order valence-corrected chi connectivity index (χ4v) is 5.65. The van der Waals surface area contributed by atoms with Crippen molar-refractivity contribution in [1.82, 2.24) is 10.2 Å². The van der Waals surface area contributed by atoms with E-state index in [2.05, 4.69) is 5.32 Å². The molecule has 2 atom stereocenters. The fraction of sp³-hybridized carbons (Fsp3) is 0.355. The van der Waals surface area contributed by atoms with Crippen molar-refractivity contribution in [3.05, 3.63) is 90.0 Å². The van der Waals surface area contributed by atoms with E-state index >= 15 is 0 Å². The van der Waals surface area contributed by atoms with Gasteiger partial charge in [-0.25, -0.2) is 8.42 Å². The summed E-state index contributed by atoms with van der Waals surface area (Å²) in [6.45, 7) is 7.14. The van der Waals surface area contributed by atoms with Gasteiger partial charge in [-0.05, 0) is 63.4 Å². The van der Waals surface area contributed by atoms with Crippen LogP contribution in [0.4, 0.5) is 5.69 Å². The third-order valence-electron chi connectivity index (χ3n) is 6.89. The van der Waals surface area contributed by atoms with E-state index in [1.54, 1.807) is 43.3 Å². The minimum absolute atomic E-state index is 0.0511. The molecule has 0 saturated carbocycles. The van der Waals surface area contributed by atoms with Gasteiger partial charge in [0.25, 0.3) is 10.0 Å². The van der Waals surface area contributed by atoms with Gasteiger partial charge in [0.1, 0.15) is 18.3 Å². The Bertz CT molecular complexity index is 1380. The lowest BCUT2D eigenvalue weighted by molar-refractivity contribution is -0.139. The summed E-state index contributed by atoms with van der Waals surface area (Å²) in [5, 5.41) is 2.94. The molecule has 40 heavy (non-hydrogen) atoms. The lowest BCUT2D eigenvalue weighted by Crippen LogP contribution is -2.53. The predicted octanol–water partition coefficient (Wildman–Crippen LogP) is 4.57. The van der Waals surface area contributed by atoms with Crippen molar-refractivity contribution in [2.75, 3.05) is 24.5 Å². The summed E-state index contributed by atoms with van der Waals surface area (Å²) in [4.78, 5) is 28.6. The van der Waals surface area contributed by atoms with E-state index < -0.39 is 28.5 Å². The monoisotopic (exact) mass is 565 g/mol. The Morgan fingerprint density at radius 1 is 0.925 bits per heavy atom. The Balaban J connectivity index is 2.01. The van der Waals surface area contributed by atoms with Gasteiger partial charge in [-0.3, -0.25) is 13.9 Å². The second kappa shape index (κ2) is 14.0. The number of anilines is 1. The average molecular weight is 566 g/mol. The molecule has 9 heteroatoms. The number of carbonyl (C=O) groups is 2. The van der Waals surface area contributed by atoms with Gasteiger partial charge in [-0.15, -0.1) is 0 Å². The Kier molecular flexibility index (Phi) is 10.7. The Morgan fingerprint density at radius 2 is 1.55 bits per heavy atom. The number of para-hydroxylation sites is 2. The van der Waals surface area contributed by atoms with Gasteiger partial charge in [-0.1, -0.05) is 67.1 Å². The van der Waals surface area contributed by atoms with Crippen LogP contribution in [0.2, 0.25) is 0 Å². The molecule has 3 rings (SSSR count). The predicted molar refractivity (Wildman–Crippen MR) is 158 cm³/mol.